The highest BCUT2D eigenvalue weighted by molar-refractivity contribution is 5.90. The van der Waals surface area contributed by atoms with E-state index in [1.165, 1.54) is 6.20 Å². The quantitative estimate of drug-likeness (QED) is 0.847. The minimum atomic E-state index is -0.594. The summed E-state index contributed by atoms with van der Waals surface area (Å²) in [7, 11) is 0. The normalized spacial score (nSPS) is 16.0. The lowest BCUT2D eigenvalue weighted by Crippen LogP contribution is -2.44. The second-order valence-electron chi connectivity index (χ2n) is 5.55. The van der Waals surface area contributed by atoms with E-state index in [0.717, 1.165) is 25.9 Å². The molecular formula is C14H21N5O2. The van der Waals surface area contributed by atoms with E-state index in [1.54, 1.807) is 6.20 Å². The van der Waals surface area contributed by atoms with Gasteiger partial charge in [0, 0.05) is 25.0 Å². The number of hydrogen-bond acceptors (Lipinski definition) is 5. The number of primary amides is 1. The summed E-state index contributed by atoms with van der Waals surface area (Å²) in [6.07, 6.45) is 4.61. The number of amides is 2. The standard InChI is InChI=1S/C14H21N5O2/c1-9(2)14(21)19-5-3-10(4-6-19)17-12-8-16-7-11(18-12)13(15)20/h7-10H,3-6H2,1-2H3,(H2,15,20)(H,17,18). The smallest absolute Gasteiger partial charge is 0.268 e. The van der Waals surface area contributed by atoms with Gasteiger partial charge in [-0.2, -0.15) is 0 Å². The Balaban J connectivity index is 1.90. The summed E-state index contributed by atoms with van der Waals surface area (Å²) in [5.74, 6) is 0.181. The molecule has 0 unspecified atom stereocenters. The van der Waals surface area contributed by atoms with Gasteiger partial charge >= 0.3 is 0 Å². The molecule has 1 aliphatic rings. The van der Waals surface area contributed by atoms with Gasteiger partial charge in [0.25, 0.3) is 5.91 Å². The van der Waals surface area contributed by atoms with Crippen LogP contribution in [0.1, 0.15) is 37.2 Å². The third-order valence-corrected chi connectivity index (χ3v) is 3.54. The average molecular weight is 291 g/mol. The van der Waals surface area contributed by atoms with Gasteiger partial charge in [0.1, 0.15) is 11.5 Å². The van der Waals surface area contributed by atoms with Crippen molar-refractivity contribution in [3.8, 4) is 0 Å². The zero-order chi connectivity index (χ0) is 15.4. The Bertz CT molecular complexity index is 524. The summed E-state index contributed by atoms with van der Waals surface area (Å²) in [6.45, 7) is 5.30. The van der Waals surface area contributed by atoms with Gasteiger partial charge in [0.2, 0.25) is 5.91 Å². The van der Waals surface area contributed by atoms with E-state index in [2.05, 4.69) is 15.3 Å². The highest BCUT2D eigenvalue weighted by atomic mass is 16.2. The first-order valence-electron chi connectivity index (χ1n) is 7.14. The van der Waals surface area contributed by atoms with Gasteiger partial charge in [-0.3, -0.25) is 14.6 Å². The molecule has 114 valence electrons. The highest BCUT2D eigenvalue weighted by Gasteiger charge is 2.24. The Morgan fingerprint density at radius 3 is 2.57 bits per heavy atom. The average Bonchev–Trinajstić information content (AvgIpc) is 2.47. The van der Waals surface area contributed by atoms with Gasteiger partial charge in [0.15, 0.2) is 0 Å². The summed E-state index contributed by atoms with van der Waals surface area (Å²) in [6, 6.07) is 0.221. The molecule has 0 spiro atoms. The second-order valence-corrected chi connectivity index (χ2v) is 5.55. The van der Waals surface area contributed by atoms with E-state index in [0.29, 0.717) is 5.82 Å². The molecular weight excluding hydrogens is 270 g/mol. The molecule has 0 saturated carbocycles. The van der Waals surface area contributed by atoms with Crippen molar-refractivity contribution in [2.45, 2.75) is 32.7 Å². The van der Waals surface area contributed by atoms with Crippen LogP contribution < -0.4 is 11.1 Å². The topological polar surface area (TPSA) is 101 Å². The summed E-state index contributed by atoms with van der Waals surface area (Å²) in [5.41, 5.74) is 5.33. The molecule has 0 aromatic carbocycles. The van der Waals surface area contributed by atoms with Crippen molar-refractivity contribution in [2.24, 2.45) is 11.7 Å². The van der Waals surface area contributed by atoms with Gasteiger partial charge < -0.3 is 16.0 Å². The van der Waals surface area contributed by atoms with Crippen molar-refractivity contribution in [1.82, 2.24) is 14.9 Å². The van der Waals surface area contributed by atoms with E-state index < -0.39 is 5.91 Å². The molecule has 1 saturated heterocycles. The Hall–Kier alpha value is -2.18. The van der Waals surface area contributed by atoms with Gasteiger partial charge in [-0.25, -0.2) is 4.98 Å². The Labute approximate surface area is 123 Å². The lowest BCUT2D eigenvalue weighted by molar-refractivity contribution is -0.135. The number of aromatic nitrogens is 2. The first-order chi connectivity index (χ1) is 9.97. The molecule has 1 aromatic rings. The SMILES string of the molecule is CC(C)C(=O)N1CCC(Nc2cncc(C(N)=O)n2)CC1. The minimum absolute atomic E-state index is 0.0348. The van der Waals surface area contributed by atoms with Crippen molar-refractivity contribution < 1.29 is 9.59 Å². The van der Waals surface area contributed by atoms with Crippen LogP contribution in [-0.2, 0) is 4.79 Å². The maximum atomic E-state index is 11.9. The third-order valence-electron chi connectivity index (χ3n) is 3.54. The zero-order valence-electron chi connectivity index (χ0n) is 12.4. The molecule has 21 heavy (non-hydrogen) atoms. The molecule has 2 heterocycles. The molecule has 1 aromatic heterocycles. The number of carbonyl (C=O) groups is 2. The predicted molar refractivity (Wildman–Crippen MR) is 78.6 cm³/mol. The summed E-state index contributed by atoms with van der Waals surface area (Å²) in [5, 5.41) is 3.25. The van der Waals surface area contributed by atoms with Crippen molar-refractivity contribution in [3.63, 3.8) is 0 Å². The number of piperidine rings is 1. The van der Waals surface area contributed by atoms with Crippen LogP contribution in [0, 0.1) is 5.92 Å². The molecule has 1 aliphatic heterocycles. The first-order valence-corrected chi connectivity index (χ1v) is 7.14. The number of hydrogen-bond donors (Lipinski definition) is 2. The van der Waals surface area contributed by atoms with Crippen LogP contribution in [0.2, 0.25) is 0 Å². The molecule has 0 radical (unpaired) electrons. The van der Waals surface area contributed by atoms with Gasteiger partial charge in [0.05, 0.1) is 12.4 Å². The fraction of sp³-hybridized carbons (Fsp3) is 0.571. The maximum absolute atomic E-state index is 11.9. The summed E-state index contributed by atoms with van der Waals surface area (Å²) in [4.78, 5) is 33.0. The number of carbonyl (C=O) groups excluding carboxylic acids is 2. The first kappa shape index (κ1) is 15.2. The van der Waals surface area contributed by atoms with Crippen molar-refractivity contribution in [3.05, 3.63) is 18.1 Å². The second kappa shape index (κ2) is 6.51. The highest BCUT2D eigenvalue weighted by Crippen LogP contribution is 2.16. The molecule has 2 amide bonds. The lowest BCUT2D eigenvalue weighted by Gasteiger charge is -2.33. The number of nitrogens with zero attached hydrogens (tertiary/aromatic N) is 3. The van der Waals surface area contributed by atoms with Crippen LogP contribution >= 0.6 is 0 Å². The van der Waals surface area contributed by atoms with Crippen LogP contribution in [0.5, 0.6) is 0 Å². The van der Waals surface area contributed by atoms with Crippen molar-refractivity contribution in [1.29, 1.82) is 0 Å². The predicted octanol–water partition coefficient (Wildman–Crippen LogP) is 0.634. The molecule has 0 bridgehead atoms. The van der Waals surface area contributed by atoms with E-state index in [9.17, 15) is 9.59 Å². The Morgan fingerprint density at radius 1 is 1.33 bits per heavy atom. The molecule has 3 N–H and O–H groups in total. The van der Waals surface area contributed by atoms with Gasteiger partial charge in [-0.1, -0.05) is 13.8 Å². The minimum Gasteiger partial charge on any atom is -0.366 e. The number of likely N-dealkylation sites (tertiary alicyclic amines) is 1. The van der Waals surface area contributed by atoms with Gasteiger partial charge in [-0.15, -0.1) is 0 Å². The largest absolute Gasteiger partial charge is 0.366 e. The number of nitrogens with two attached hydrogens (primary N) is 1. The van der Waals surface area contributed by atoms with E-state index in [-0.39, 0.29) is 23.6 Å². The fourth-order valence-corrected chi connectivity index (χ4v) is 2.37. The number of anilines is 1. The number of rotatable bonds is 4. The molecule has 7 nitrogen and oxygen atoms in total. The summed E-state index contributed by atoms with van der Waals surface area (Å²) < 4.78 is 0. The van der Waals surface area contributed by atoms with Crippen molar-refractivity contribution in [2.75, 3.05) is 18.4 Å². The maximum Gasteiger partial charge on any atom is 0.268 e. The van der Waals surface area contributed by atoms with Gasteiger partial charge in [-0.05, 0) is 12.8 Å². The third kappa shape index (κ3) is 3.90. The molecule has 2 rings (SSSR count). The van der Waals surface area contributed by atoms with Crippen LogP contribution in [-0.4, -0.2) is 45.8 Å². The molecule has 0 aliphatic carbocycles. The summed E-state index contributed by atoms with van der Waals surface area (Å²) >= 11 is 0. The monoisotopic (exact) mass is 291 g/mol. The van der Waals surface area contributed by atoms with Crippen LogP contribution in [0.15, 0.2) is 12.4 Å². The van der Waals surface area contributed by atoms with Crippen LogP contribution in [0.3, 0.4) is 0 Å². The number of nitrogens with one attached hydrogen (secondary N) is 1. The van der Waals surface area contributed by atoms with Crippen molar-refractivity contribution >= 4 is 17.6 Å². The van der Waals surface area contributed by atoms with Crippen LogP contribution in [0.25, 0.3) is 0 Å². The lowest BCUT2D eigenvalue weighted by atomic mass is 10.0. The van der Waals surface area contributed by atoms with E-state index in [4.69, 9.17) is 5.73 Å². The molecule has 7 heteroatoms. The molecule has 0 atom stereocenters. The fourth-order valence-electron chi connectivity index (χ4n) is 2.37. The Morgan fingerprint density at radius 2 is 2.00 bits per heavy atom. The molecule has 1 fully saturated rings. The van der Waals surface area contributed by atoms with E-state index in [1.807, 2.05) is 18.7 Å². The Kier molecular flexibility index (Phi) is 4.72. The van der Waals surface area contributed by atoms with Crippen LogP contribution in [0.4, 0.5) is 5.82 Å². The van der Waals surface area contributed by atoms with E-state index >= 15 is 0 Å². The zero-order valence-corrected chi connectivity index (χ0v) is 12.4.